The predicted octanol–water partition coefficient (Wildman–Crippen LogP) is 3.33. The largest absolute Gasteiger partial charge is 0.467 e. The van der Waals surface area contributed by atoms with E-state index in [1.807, 2.05) is 30.3 Å². The van der Waals surface area contributed by atoms with Crippen LogP contribution in [0.15, 0.2) is 48.5 Å². The van der Waals surface area contributed by atoms with Crippen LogP contribution in [0, 0.1) is 0 Å². The highest BCUT2D eigenvalue weighted by Crippen LogP contribution is 2.22. The van der Waals surface area contributed by atoms with E-state index >= 15 is 0 Å². The van der Waals surface area contributed by atoms with Crippen molar-refractivity contribution in [3.8, 4) is 5.75 Å². The van der Waals surface area contributed by atoms with Gasteiger partial charge < -0.3 is 29.5 Å². The van der Waals surface area contributed by atoms with Gasteiger partial charge in [-0.05, 0) is 43.5 Å². The van der Waals surface area contributed by atoms with Crippen molar-refractivity contribution < 1.29 is 33.7 Å². The molecule has 1 saturated heterocycles. The molecule has 182 valence electrons. The number of ketones is 1. The number of benzene rings is 2. The fraction of sp³-hybridized carbons (Fsp3) is 0.400. The average molecular weight is 471 g/mol. The van der Waals surface area contributed by atoms with E-state index in [0.29, 0.717) is 31.7 Å². The molecule has 9 nitrogen and oxygen atoms in total. The third kappa shape index (κ3) is 6.79. The van der Waals surface area contributed by atoms with Crippen molar-refractivity contribution >= 4 is 17.8 Å². The molecule has 0 unspecified atom stereocenters. The number of nitrogens with zero attached hydrogens (tertiary/aromatic N) is 1. The van der Waals surface area contributed by atoms with E-state index in [9.17, 15) is 19.5 Å². The molecule has 2 aromatic rings. The van der Waals surface area contributed by atoms with E-state index in [4.69, 9.17) is 14.2 Å². The van der Waals surface area contributed by atoms with E-state index in [1.54, 1.807) is 12.1 Å². The maximum atomic E-state index is 13.1. The summed E-state index contributed by atoms with van der Waals surface area (Å²) in [7, 11) is 1.47. The number of amides is 2. The van der Waals surface area contributed by atoms with Crippen molar-refractivity contribution in [3.63, 3.8) is 0 Å². The minimum absolute atomic E-state index is 0.0284. The molecule has 0 aliphatic carbocycles. The van der Waals surface area contributed by atoms with Gasteiger partial charge in [0.25, 0.3) is 5.91 Å². The number of methoxy groups -OCH3 is 1. The molecule has 3 rings (SSSR count). The Labute approximate surface area is 198 Å². The van der Waals surface area contributed by atoms with Crippen LogP contribution in [0.2, 0.25) is 0 Å². The number of carbonyl (C=O) groups is 3. The zero-order valence-electron chi connectivity index (χ0n) is 19.4. The summed E-state index contributed by atoms with van der Waals surface area (Å²) >= 11 is 0. The second kappa shape index (κ2) is 12.2. The monoisotopic (exact) mass is 470 g/mol. The minimum atomic E-state index is -1.04. The fourth-order valence-electron chi connectivity index (χ4n) is 3.87. The molecule has 1 aliphatic heterocycles. The van der Waals surface area contributed by atoms with Gasteiger partial charge in [-0.25, -0.2) is 4.79 Å². The van der Waals surface area contributed by atoms with Crippen LogP contribution < -0.4 is 10.1 Å². The quantitative estimate of drug-likeness (QED) is 0.427. The number of Topliss-reactive ketones (excluding diaryl/α,β-unsaturated/α-hetero) is 1. The zero-order chi connectivity index (χ0) is 24.5. The highest BCUT2D eigenvalue weighted by atomic mass is 16.7. The normalized spacial score (nSPS) is 18.1. The molecule has 2 N–H and O–H groups in total. The first-order chi connectivity index (χ1) is 16.4. The molecule has 0 spiro atoms. The van der Waals surface area contributed by atoms with Gasteiger partial charge in [0.15, 0.2) is 12.6 Å². The molecule has 2 amide bonds. The molecule has 34 heavy (non-hydrogen) atoms. The van der Waals surface area contributed by atoms with E-state index in [0.717, 1.165) is 5.56 Å². The van der Waals surface area contributed by atoms with E-state index < -0.39 is 18.0 Å². The second-order valence-corrected chi connectivity index (χ2v) is 8.10. The Kier molecular flexibility index (Phi) is 9.00. The molecule has 1 aliphatic rings. The van der Waals surface area contributed by atoms with Crippen LogP contribution in [0.25, 0.3) is 0 Å². The van der Waals surface area contributed by atoms with Crippen molar-refractivity contribution in [2.45, 2.75) is 38.5 Å². The molecule has 2 aromatic carbocycles. The van der Waals surface area contributed by atoms with Crippen molar-refractivity contribution in [1.82, 2.24) is 10.2 Å². The van der Waals surface area contributed by atoms with Gasteiger partial charge >= 0.3 is 6.09 Å². The summed E-state index contributed by atoms with van der Waals surface area (Å²) in [5.41, 5.74) is 1.52. The van der Waals surface area contributed by atoms with Crippen LogP contribution in [-0.4, -0.2) is 66.9 Å². The van der Waals surface area contributed by atoms with Crippen molar-refractivity contribution in [1.29, 1.82) is 0 Å². The summed E-state index contributed by atoms with van der Waals surface area (Å²) in [4.78, 5) is 38.1. The molecule has 0 saturated carbocycles. The lowest BCUT2D eigenvalue weighted by atomic mass is 10.0. The lowest BCUT2D eigenvalue weighted by Crippen LogP contribution is -2.50. The number of likely N-dealkylation sites (tertiary alicyclic amines) is 1. The second-order valence-electron chi connectivity index (χ2n) is 8.10. The number of ether oxygens (including phenoxy) is 3. The van der Waals surface area contributed by atoms with E-state index in [2.05, 4.69) is 5.32 Å². The molecule has 0 radical (unpaired) electrons. The standard InChI is InChI=1S/C25H30N2O7/c1-17(28)20-13-19(10-11-22(20)34-16-32-2)24(29)26-21-14-27(25(30)31)12-6-9-23(21)33-15-18-7-4-3-5-8-18/h3-5,7-8,10-11,13,21,23H,6,9,12,14-16H2,1-2H3,(H,26,29)(H,30,31)/t21-,23-/m1/s1. The van der Waals surface area contributed by atoms with Crippen molar-refractivity contribution in [2.75, 3.05) is 27.0 Å². The van der Waals surface area contributed by atoms with Crippen molar-refractivity contribution in [3.05, 3.63) is 65.2 Å². The summed E-state index contributed by atoms with van der Waals surface area (Å²) in [6, 6.07) is 13.7. The fourth-order valence-corrected chi connectivity index (χ4v) is 3.87. The SMILES string of the molecule is COCOc1ccc(C(=O)N[C@@H]2CN(C(=O)O)CCC[C@H]2OCc2ccccc2)cc1C(C)=O. The summed E-state index contributed by atoms with van der Waals surface area (Å²) in [5.74, 6) is -0.357. The Balaban J connectivity index is 1.78. The van der Waals surface area contributed by atoms with Crippen LogP contribution in [0.4, 0.5) is 4.79 Å². The summed E-state index contributed by atoms with van der Waals surface area (Å²) in [5, 5.41) is 12.5. The highest BCUT2D eigenvalue weighted by Gasteiger charge is 2.31. The number of hydrogen-bond acceptors (Lipinski definition) is 6. The Morgan fingerprint density at radius 3 is 2.59 bits per heavy atom. The number of hydrogen-bond donors (Lipinski definition) is 2. The predicted molar refractivity (Wildman–Crippen MR) is 124 cm³/mol. The maximum Gasteiger partial charge on any atom is 0.407 e. The first-order valence-electron chi connectivity index (χ1n) is 11.1. The smallest absolute Gasteiger partial charge is 0.407 e. The molecular formula is C25H30N2O7. The number of nitrogens with one attached hydrogen (secondary N) is 1. The van der Waals surface area contributed by atoms with Crippen LogP contribution in [-0.2, 0) is 16.1 Å². The Hall–Kier alpha value is -3.43. The van der Waals surface area contributed by atoms with Crippen LogP contribution >= 0.6 is 0 Å². The molecule has 0 aromatic heterocycles. The number of carbonyl (C=O) groups excluding carboxylic acids is 2. The highest BCUT2D eigenvalue weighted by molar-refractivity contribution is 6.01. The van der Waals surface area contributed by atoms with Gasteiger partial charge in [-0.3, -0.25) is 9.59 Å². The summed E-state index contributed by atoms with van der Waals surface area (Å²) < 4.78 is 16.4. The summed E-state index contributed by atoms with van der Waals surface area (Å²) in [6.07, 6.45) is -0.186. The summed E-state index contributed by atoms with van der Waals surface area (Å²) in [6.45, 7) is 2.19. The topological polar surface area (TPSA) is 114 Å². The zero-order valence-corrected chi connectivity index (χ0v) is 19.4. The number of carboxylic acid groups (broad SMARTS) is 1. The van der Waals surface area contributed by atoms with Gasteiger partial charge in [-0.15, -0.1) is 0 Å². The van der Waals surface area contributed by atoms with Crippen molar-refractivity contribution in [2.24, 2.45) is 0 Å². The van der Waals surface area contributed by atoms with E-state index in [-0.39, 0.29) is 36.4 Å². The van der Waals surface area contributed by atoms with Gasteiger partial charge in [0.05, 0.1) is 24.3 Å². The van der Waals surface area contributed by atoms with Gasteiger partial charge in [0.1, 0.15) is 5.75 Å². The maximum absolute atomic E-state index is 13.1. The van der Waals surface area contributed by atoms with Gasteiger partial charge in [0, 0.05) is 25.8 Å². The molecule has 9 heteroatoms. The minimum Gasteiger partial charge on any atom is -0.467 e. The van der Waals surface area contributed by atoms with Gasteiger partial charge in [0.2, 0.25) is 0 Å². The Morgan fingerprint density at radius 1 is 1.15 bits per heavy atom. The third-order valence-corrected chi connectivity index (χ3v) is 5.63. The Bertz CT molecular complexity index is 996. The van der Waals surface area contributed by atoms with Crippen LogP contribution in [0.1, 0.15) is 46.0 Å². The average Bonchev–Trinajstić information content (AvgIpc) is 3.04. The lowest BCUT2D eigenvalue weighted by molar-refractivity contribution is 0.0106. The third-order valence-electron chi connectivity index (χ3n) is 5.63. The molecule has 0 bridgehead atoms. The molecule has 2 atom stereocenters. The first kappa shape index (κ1) is 25.2. The number of rotatable bonds is 9. The van der Waals surface area contributed by atoms with Crippen LogP contribution in [0.5, 0.6) is 5.75 Å². The molecular weight excluding hydrogens is 440 g/mol. The van der Waals surface area contributed by atoms with E-state index in [1.165, 1.54) is 25.0 Å². The first-order valence-corrected chi connectivity index (χ1v) is 11.1. The Morgan fingerprint density at radius 2 is 1.91 bits per heavy atom. The van der Waals surface area contributed by atoms with Gasteiger partial charge in [-0.1, -0.05) is 30.3 Å². The lowest BCUT2D eigenvalue weighted by Gasteiger charge is -2.28. The molecule has 1 heterocycles. The van der Waals surface area contributed by atoms with Crippen LogP contribution in [0.3, 0.4) is 0 Å². The molecule has 1 fully saturated rings. The van der Waals surface area contributed by atoms with Gasteiger partial charge in [-0.2, -0.15) is 0 Å².